The van der Waals surface area contributed by atoms with Crippen molar-refractivity contribution in [2.24, 2.45) is 5.92 Å². The number of ether oxygens (including phenoxy) is 1. The van der Waals surface area contributed by atoms with Gasteiger partial charge in [-0.2, -0.15) is 0 Å². The zero-order valence-electron chi connectivity index (χ0n) is 24.2. The lowest BCUT2D eigenvalue weighted by Gasteiger charge is -2.44. The van der Waals surface area contributed by atoms with Crippen molar-refractivity contribution < 1.29 is 32.4 Å². The maximum atomic E-state index is 12.5. The second-order valence-corrected chi connectivity index (χ2v) is 17.7. The molecule has 0 N–H and O–H groups in total. The van der Waals surface area contributed by atoms with Gasteiger partial charge in [0.15, 0.2) is 0 Å². The van der Waals surface area contributed by atoms with E-state index in [0.717, 1.165) is 24.7 Å². The van der Waals surface area contributed by atoms with Crippen molar-refractivity contribution in [2.45, 2.75) is 105 Å². The Hall–Kier alpha value is -1.05. The summed E-state index contributed by atoms with van der Waals surface area (Å²) in [5.41, 5.74) is 2.29. The van der Waals surface area contributed by atoms with Gasteiger partial charge in [-0.1, -0.05) is 66.2 Å². The van der Waals surface area contributed by atoms with E-state index in [1.807, 2.05) is 19.9 Å². The Labute approximate surface area is 221 Å². The standard InChI is InChI=1S/C27H51O7PSi/c1-11-32-35(30,33-12-2)20-27(29)31-18-17-24(9)13-15-26(16-14-25(10)19-28)34-36(21(3)4,22(5)6)23(7)8/h13,15,17,19,21-23,25-26H,11-12,14,16,18,20H2,1-10H3/b15-13+,24-17-/t25-,26-/m0/s1. The first kappa shape index (κ1) is 34.9. The summed E-state index contributed by atoms with van der Waals surface area (Å²) in [6, 6.07) is 0. The lowest BCUT2D eigenvalue weighted by Crippen LogP contribution is -2.50. The minimum atomic E-state index is -3.48. The van der Waals surface area contributed by atoms with E-state index in [9.17, 15) is 14.2 Å². The maximum Gasteiger partial charge on any atom is 0.341 e. The van der Waals surface area contributed by atoms with Crippen molar-refractivity contribution in [3.8, 4) is 0 Å². The molecule has 0 aromatic rings. The van der Waals surface area contributed by atoms with Gasteiger partial charge < -0.3 is 23.0 Å². The maximum absolute atomic E-state index is 12.5. The molecule has 2 atom stereocenters. The van der Waals surface area contributed by atoms with Gasteiger partial charge in [0.25, 0.3) is 0 Å². The van der Waals surface area contributed by atoms with Gasteiger partial charge in [-0.25, -0.2) is 0 Å². The summed E-state index contributed by atoms with van der Waals surface area (Å²) < 4.78 is 35.0. The number of esters is 1. The van der Waals surface area contributed by atoms with Gasteiger partial charge in [0.1, 0.15) is 19.1 Å². The van der Waals surface area contributed by atoms with E-state index in [0.29, 0.717) is 16.6 Å². The smallest absolute Gasteiger partial charge is 0.341 e. The molecule has 0 unspecified atom stereocenters. The normalized spacial score (nSPS) is 15.2. The summed E-state index contributed by atoms with van der Waals surface area (Å²) in [6.45, 7) is 21.3. The number of allylic oxidation sites excluding steroid dienone is 2. The molecule has 0 rings (SSSR count). The quantitative estimate of drug-likeness (QED) is 0.0546. The van der Waals surface area contributed by atoms with Crippen molar-refractivity contribution in [1.29, 1.82) is 0 Å². The van der Waals surface area contributed by atoms with Crippen LogP contribution in [0.5, 0.6) is 0 Å². The molecule has 210 valence electrons. The molecule has 0 fully saturated rings. The van der Waals surface area contributed by atoms with Crippen LogP contribution in [0.15, 0.2) is 23.8 Å². The van der Waals surface area contributed by atoms with Crippen LogP contribution in [0.2, 0.25) is 16.6 Å². The van der Waals surface area contributed by atoms with E-state index in [1.165, 1.54) is 0 Å². The Morgan fingerprint density at radius 3 is 1.89 bits per heavy atom. The summed E-state index contributed by atoms with van der Waals surface area (Å²) in [6.07, 6.45) is 7.86. The second-order valence-electron chi connectivity index (χ2n) is 10.3. The topological polar surface area (TPSA) is 88.1 Å². The Balaban J connectivity index is 5.43. The summed E-state index contributed by atoms with van der Waals surface area (Å²) in [5.74, 6) is -0.642. The summed E-state index contributed by atoms with van der Waals surface area (Å²) in [5, 5.41) is 0. The van der Waals surface area contributed by atoms with E-state index >= 15 is 0 Å². The molecule has 0 aromatic heterocycles. The first-order chi connectivity index (χ1) is 16.8. The minimum Gasteiger partial charge on any atom is -0.461 e. The number of hydrogen-bond acceptors (Lipinski definition) is 7. The first-order valence-electron chi connectivity index (χ1n) is 13.3. The predicted octanol–water partition coefficient (Wildman–Crippen LogP) is 7.47. The monoisotopic (exact) mass is 546 g/mol. The average Bonchev–Trinajstić information content (AvgIpc) is 2.77. The number of carbonyl (C=O) groups is 2. The molecule has 0 aliphatic heterocycles. The van der Waals surface area contributed by atoms with Gasteiger partial charge in [0, 0.05) is 5.92 Å². The van der Waals surface area contributed by atoms with Crippen molar-refractivity contribution in [3.05, 3.63) is 23.8 Å². The molecule has 9 heteroatoms. The van der Waals surface area contributed by atoms with Gasteiger partial charge >= 0.3 is 13.6 Å². The molecule has 0 saturated carbocycles. The van der Waals surface area contributed by atoms with E-state index < -0.39 is 28.0 Å². The van der Waals surface area contributed by atoms with Crippen LogP contribution in [0.3, 0.4) is 0 Å². The molecule has 0 heterocycles. The van der Waals surface area contributed by atoms with Crippen molar-refractivity contribution in [3.63, 3.8) is 0 Å². The molecule has 0 aliphatic rings. The molecule has 0 amide bonds. The zero-order valence-corrected chi connectivity index (χ0v) is 26.1. The number of hydrogen-bond donors (Lipinski definition) is 0. The summed E-state index contributed by atoms with van der Waals surface area (Å²) in [4.78, 5) is 23.3. The molecule has 0 aromatic carbocycles. The van der Waals surface area contributed by atoms with Crippen LogP contribution >= 0.6 is 7.60 Å². The van der Waals surface area contributed by atoms with Crippen LogP contribution in [-0.2, 0) is 32.4 Å². The fraction of sp³-hybridized carbons (Fsp3) is 0.778. The minimum absolute atomic E-state index is 0.0156. The van der Waals surface area contributed by atoms with Crippen molar-refractivity contribution in [2.75, 3.05) is 26.0 Å². The van der Waals surface area contributed by atoms with Gasteiger partial charge in [0.05, 0.1) is 19.3 Å². The van der Waals surface area contributed by atoms with Crippen LogP contribution in [0, 0.1) is 5.92 Å². The predicted molar refractivity (Wildman–Crippen MR) is 150 cm³/mol. The lowest BCUT2D eigenvalue weighted by molar-refractivity contribution is -0.139. The molecular formula is C27H51O7PSi. The molecule has 0 saturated heterocycles. The Kier molecular flexibility index (Phi) is 16.9. The molecular weight excluding hydrogens is 495 g/mol. The molecule has 36 heavy (non-hydrogen) atoms. The summed E-state index contributed by atoms with van der Waals surface area (Å²) in [7, 11) is -5.58. The van der Waals surface area contributed by atoms with Crippen LogP contribution in [-0.4, -0.2) is 52.7 Å². The number of carbonyl (C=O) groups excluding carboxylic acids is 2. The van der Waals surface area contributed by atoms with E-state index in [4.69, 9.17) is 18.2 Å². The van der Waals surface area contributed by atoms with Gasteiger partial charge in [0.2, 0.25) is 8.32 Å². The Morgan fingerprint density at radius 1 is 0.917 bits per heavy atom. The molecule has 0 aliphatic carbocycles. The number of aldehydes is 1. The van der Waals surface area contributed by atoms with E-state index in [2.05, 4.69) is 47.6 Å². The molecule has 0 spiro atoms. The number of rotatable bonds is 19. The van der Waals surface area contributed by atoms with Gasteiger partial charge in [-0.15, -0.1) is 0 Å². The van der Waals surface area contributed by atoms with E-state index in [1.54, 1.807) is 19.9 Å². The van der Waals surface area contributed by atoms with Crippen LogP contribution in [0.1, 0.15) is 82.1 Å². The van der Waals surface area contributed by atoms with Gasteiger partial charge in [-0.3, -0.25) is 9.36 Å². The third-order valence-electron chi connectivity index (χ3n) is 6.40. The summed E-state index contributed by atoms with van der Waals surface area (Å²) >= 11 is 0. The highest BCUT2D eigenvalue weighted by Crippen LogP contribution is 2.47. The lowest BCUT2D eigenvalue weighted by atomic mass is 10.0. The highest BCUT2D eigenvalue weighted by molar-refractivity contribution is 7.54. The second kappa shape index (κ2) is 17.5. The fourth-order valence-electron chi connectivity index (χ4n) is 4.68. The largest absolute Gasteiger partial charge is 0.461 e. The molecule has 0 bridgehead atoms. The van der Waals surface area contributed by atoms with Crippen molar-refractivity contribution in [1.82, 2.24) is 0 Å². The average molecular weight is 547 g/mol. The molecule has 7 nitrogen and oxygen atoms in total. The highest BCUT2D eigenvalue weighted by Gasteiger charge is 2.46. The van der Waals surface area contributed by atoms with Crippen molar-refractivity contribution >= 4 is 28.2 Å². The van der Waals surface area contributed by atoms with Crippen LogP contribution in [0.25, 0.3) is 0 Å². The fourth-order valence-corrected chi connectivity index (χ4v) is 11.7. The van der Waals surface area contributed by atoms with Gasteiger partial charge in [-0.05, 0) is 56.3 Å². The Morgan fingerprint density at radius 2 is 1.44 bits per heavy atom. The zero-order chi connectivity index (χ0) is 27.9. The SMILES string of the molecule is CCOP(=O)(CC(=O)OC/C=C(C)\C=C\[C@@H](CC[C@H](C)C=O)O[Si](C(C)C)(C(C)C)C(C)C)OCC. The highest BCUT2D eigenvalue weighted by atomic mass is 31.2. The van der Waals surface area contributed by atoms with Crippen LogP contribution < -0.4 is 0 Å². The van der Waals surface area contributed by atoms with E-state index in [-0.39, 0.29) is 31.8 Å². The third kappa shape index (κ3) is 12.0. The Bertz CT molecular complexity index is 729. The van der Waals surface area contributed by atoms with Crippen LogP contribution in [0.4, 0.5) is 0 Å². The molecule has 0 radical (unpaired) electrons. The third-order valence-corrected chi connectivity index (χ3v) is 14.5. The first-order valence-corrected chi connectivity index (χ1v) is 17.2.